The summed E-state index contributed by atoms with van der Waals surface area (Å²) in [5.74, 6) is 0. The molecule has 8 aromatic carbocycles. The van der Waals surface area contributed by atoms with E-state index in [4.69, 9.17) is 4.42 Å². The molecule has 0 unspecified atom stereocenters. The first-order valence-corrected chi connectivity index (χ1v) is 18.1. The Morgan fingerprint density at radius 2 is 0.922 bits per heavy atom. The third-order valence-electron chi connectivity index (χ3n) is 9.90. The van der Waals surface area contributed by atoms with Gasteiger partial charge in [-0.15, -0.1) is 11.3 Å². The number of hydrogen-bond donors (Lipinski definition) is 0. The average molecular weight is 670 g/mol. The second-order valence-corrected chi connectivity index (χ2v) is 13.9. The SMILES string of the molecule is c1ccc(-c2ccc(N(c3ccc(-c4ccccc4)cc3)c3cccc4c3sc3cccc(-c5cccc6c5oc5ccccc56)c34)cc2)cc1. The number of fused-ring (bicyclic) bond motifs is 6. The summed E-state index contributed by atoms with van der Waals surface area (Å²) in [6.07, 6.45) is 0. The van der Waals surface area contributed by atoms with Gasteiger partial charge in [-0.25, -0.2) is 0 Å². The van der Waals surface area contributed by atoms with Gasteiger partial charge in [0.1, 0.15) is 11.2 Å². The largest absolute Gasteiger partial charge is 0.455 e. The minimum absolute atomic E-state index is 0.914. The third-order valence-corrected chi connectivity index (χ3v) is 11.1. The molecule has 0 amide bonds. The van der Waals surface area contributed by atoms with Crippen molar-refractivity contribution in [1.29, 1.82) is 0 Å². The van der Waals surface area contributed by atoms with E-state index >= 15 is 0 Å². The Labute approximate surface area is 300 Å². The van der Waals surface area contributed by atoms with Crippen molar-refractivity contribution in [2.45, 2.75) is 0 Å². The molecule has 0 fully saturated rings. The van der Waals surface area contributed by atoms with Crippen LogP contribution in [0.25, 0.3) is 75.5 Å². The number of thiophene rings is 1. The lowest BCUT2D eigenvalue weighted by Crippen LogP contribution is -2.10. The Morgan fingerprint density at radius 1 is 0.392 bits per heavy atom. The van der Waals surface area contributed by atoms with Gasteiger partial charge in [-0.2, -0.15) is 0 Å². The lowest BCUT2D eigenvalue weighted by atomic mass is 9.97. The molecule has 2 heterocycles. The van der Waals surface area contributed by atoms with E-state index in [1.165, 1.54) is 48.0 Å². The first kappa shape index (κ1) is 29.5. The van der Waals surface area contributed by atoms with Crippen molar-refractivity contribution in [3.63, 3.8) is 0 Å². The average Bonchev–Trinajstić information content (AvgIpc) is 3.79. The van der Waals surface area contributed by atoms with Gasteiger partial charge in [-0.05, 0) is 70.3 Å². The van der Waals surface area contributed by atoms with E-state index in [0.717, 1.165) is 44.6 Å². The number of benzene rings is 8. The zero-order valence-electron chi connectivity index (χ0n) is 27.7. The van der Waals surface area contributed by atoms with Crippen LogP contribution in [0, 0.1) is 0 Å². The summed E-state index contributed by atoms with van der Waals surface area (Å²) in [5.41, 5.74) is 12.3. The topological polar surface area (TPSA) is 16.4 Å². The number of anilines is 3. The van der Waals surface area contributed by atoms with E-state index in [-0.39, 0.29) is 0 Å². The summed E-state index contributed by atoms with van der Waals surface area (Å²) in [6, 6.07) is 67.3. The predicted molar refractivity (Wildman–Crippen MR) is 218 cm³/mol. The molecule has 2 nitrogen and oxygen atoms in total. The van der Waals surface area contributed by atoms with E-state index < -0.39 is 0 Å². The van der Waals surface area contributed by atoms with Crippen LogP contribution in [0.5, 0.6) is 0 Å². The molecule has 10 rings (SSSR count). The molecule has 0 saturated heterocycles. The minimum atomic E-state index is 0.914. The van der Waals surface area contributed by atoms with Crippen molar-refractivity contribution in [3.8, 4) is 33.4 Å². The molecule has 0 atom stereocenters. The first-order chi connectivity index (χ1) is 25.3. The minimum Gasteiger partial charge on any atom is -0.455 e. The molecule has 2 aromatic heterocycles. The molecule has 10 aromatic rings. The number of para-hydroxylation sites is 2. The second kappa shape index (κ2) is 12.2. The Balaban J connectivity index is 1.16. The van der Waals surface area contributed by atoms with Crippen molar-refractivity contribution < 1.29 is 4.42 Å². The summed E-state index contributed by atoms with van der Waals surface area (Å²) in [6.45, 7) is 0. The van der Waals surface area contributed by atoms with Crippen LogP contribution in [0.4, 0.5) is 17.1 Å². The van der Waals surface area contributed by atoms with Gasteiger partial charge < -0.3 is 9.32 Å². The van der Waals surface area contributed by atoms with Crippen molar-refractivity contribution in [1.82, 2.24) is 0 Å². The maximum atomic E-state index is 6.53. The van der Waals surface area contributed by atoms with E-state index in [1.54, 1.807) is 0 Å². The molecule has 0 aliphatic rings. The molecule has 0 aliphatic carbocycles. The highest BCUT2D eigenvalue weighted by atomic mass is 32.1. The molecule has 0 saturated carbocycles. The monoisotopic (exact) mass is 669 g/mol. The normalized spacial score (nSPS) is 11.5. The molecule has 0 bridgehead atoms. The van der Waals surface area contributed by atoms with Crippen LogP contribution in [-0.2, 0) is 0 Å². The van der Waals surface area contributed by atoms with Crippen LogP contribution in [0.2, 0.25) is 0 Å². The molecule has 0 radical (unpaired) electrons. The second-order valence-electron chi connectivity index (χ2n) is 12.9. The van der Waals surface area contributed by atoms with Crippen LogP contribution in [-0.4, -0.2) is 0 Å². The van der Waals surface area contributed by atoms with Crippen molar-refractivity contribution in [2.24, 2.45) is 0 Å². The zero-order valence-corrected chi connectivity index (χ0v) is 28.5. The lowest BCUT2D eigenvalue weighted by Gasteiger charge is -2.26. The smallest absolute Gasteiger partial charge is 0.143 e. The number of rotatable bonds is 6. The summed E-state index contributed by atoms with van der Waals surface area (Å²) in [7, 11) is 0. The number of hydrogen-bond acceptors (Lipinski definition) is 3. The highest BCUT2D eigenvalue weighted by molar-refractivity contribution is 7.26. The van der Waals surface area contributed by atoms with Gasteiger partial charge in [0.2, 0.25) is 0 Å². The van der Waals surface area contributed by atoms with E-state index in [2.05, 4.69) is 187 Å². The molecule has 3 heteroatoms. The third kappa shape index (κ3) is 5.01. The van der Waals surface area contributed by atoms with Crippen molar-refractivity contribution in [3.05, 3.63) is 188 Å². The highest BCUT2D eigenvalue weighted by Gasteiger charge is 2.21. The Morgan fingerprint density at radius 3 is 1.61 bits per heavy atom. The predicted octanol–water partition coefficient (Wildman–Crippen LogP) is 14.4. The standard InChI is InChI=1S/C48H31NOS/c1-3-12-32(13-4-1)34-24-28-36(29-25-34)49(37-30-26-35(27-31-37)33-14-5-2-6-15-33)43-21-10-20-42-46-39(17-11-23-45(46)51-48(42)43)41-19-9-18-40-38-16-7-8-22-44(38)50-47(40)41/h1-31H. The van der Waals surface area contributed by atoms with Crippen LogP contribution in [0.15, 0.2) is 192 Å². The molecule has 0 spiro atoms. The number of furan rings is 1. The summed E-state index contributed by atoms with van der Waals surface area (Å²) in [5, 5.41) is 4.78. The summed E-state index contributed by atoms with van der Waals surface area (Å²) >= 11 is 1.85. The van der Waals surface area contributed by atoms with Gasteiger partial charge >= 0.3 is 0 Å². The fraction of sp³-hybridized carbons (Fsp3) is 0. The quantitative estimate of drug-likeness (QED) is 0.175. The molecule has 51 heavy (non-hydrogen) atoms. The molecule has 0 N–H and O–H groups in total. The highest BCUT2D eigenvalue weighted by Crippen LogP contribution is 2.48. The maximum Gasteiger partial charge on any atom is 0.143 e. The first-order valence-electron chi connectivity index (χ1n) is 17.3. The van der Waals surface area contributed by atoms with Crippen molar-refractivity contribution in [2.75, 3.05) is 4.90 Å². The molecular formula is C48H31NOS. The van der Waals surface area contributed by atoms with Gasteiger partial charge in [0.25, 0.3) is 0 Å². The zero-order chi connectivity index (χ0) is 33.7. The fourth-order valence-corrected chi connectivity index (χ4v) is 8.72. The maximum absolute atomic E-state index is 6.53. The van der Waals surface area contributed by atoms with Crippen LogP contribution >= 0.6 is 11.3 Å². The van der Waals surface area contributed by atoms with Crippen molar-refractivity contribution >= 4 is 70.5 Å². The van der Waals surface area contributed by atoms with E-state index in [9.17, 15) is 0 Å². The van der Waals surface area contributed by atoms with Gasteiger partial charge in [-0.3, -0.25) is 0 Å². The lowest BCUT2D eigenvalue weighted by molar-refractivity contribution is 0.670. The van der Waals surface area contributed by atoms with Gasteiger partial charge in [0.05, 0.1) is 10.4 Å². The Hall–Kier alpha value is -6.42. The van der Waals surface area contributed by atoms with E-state index in [1.807, 2.05) is 17.4 Å². The van der Waals surface area contributed by atoms with Crippen LogP contribution in [0.1, 0.15) is 0 Å². The molecule has 0 aliphatic heterocycles. The van der Waals surface area contributed by atoms with Gasteiger partial charge in [-0.1, -0.05) is 146 Å². The fourth-order valence-electron chi connectivity index (χ4n) is 7.49. The summed E-state index contributed by atoms with van der Waals surface area (Å²) < 4.78 is 9.03. The van der Waals surface area contributed by atoms with Crippen LogP contribution in [0.3, 0.4) is 0 Å². The number of nitrogens with zero attached hydrogens (tertiary/aromatic N) is 1. The Kier molecular flexibility index (Phi) is 7.04. The van der Waals surface area contributed by atoms with E-state index in [0.29, 0.717) is 0 Å². The Bertz CT molecular complexity index is 2750. The van der Waals surface area contributed by atoms with Crippen LogP contribution < -0.4 is 4.90 Å². The van der Waals surface area contributed by atoms with Gasteiger partial charge in [0, 0.05) is 43.2 Å². The molecular weight excluding hydrogens is 639 g/mol. The van der Waals surface area contributed by atoms with Gasteiger partial charge in [0.15, 0.2) is 0 Å². The summed E-state index contributed by atoms with van der Waals surface area (Å²) in [4.78, 5) is 2.40. The molecule has 240 valence electrons.